The lowest BCUT2D eigenvalue weighted by atomic mass is 10.2. The molecule has 0 aliphatic rings. The number of ether oxygens (including phenoxy) is 1. The maximum Gasteiger partial charge on any atom is 0.236 e. The molecule has 0 radical (unpaired) electrons. The van der Waals surface area contributed by atoms with Crippen LogP contribution in [0.1, 0.15) is 19.8 Å². The van der Waals surface area contributed by atoms with Crippen molar-refractivity contribution in [1.82, 2.24) is 5.32 Å². The highest BCUT2D eigenvalue weighted by atomic mass is 16.5. The molecule has 13 heavy (non-hydrogen) atoms. The Labute approximate surface area is 79.1 Å². The van der Waals surface area contributed by atoms with Gasteiger partial charge in [0.1, 0.15) is 0 Å². The largest absolute Gasteiger partial charge is 0.502 e. The van der Waals surface area contributed by atoms with Gasteiger partial charge >= 0.3 is 0 Å². The molecule has 4 heteroatoms. The van der Waals surface area contributed by atoms with Crippen molar-refractivity contribution in [2.75, 3.05) is 13.2 Å². The van der Waals surface area contributed by atoms with Gasteiger partial charge in [-0.05, 0) is 12.8 Å². The van der Waals surface area contributed by atoms with Crippen LogP contribution >= 0.6 is 0 Å². The molecule has 0 saturated carbocycles. The van der Waals surface area contributed by atoms with Crippen LogP contribution in [0.2, 0.25) is 0 Å². The van der Waals surface area contributed by atoms with Crippen LogP contribution in [-0.2, 0) is 9.53 Å². The Morgan fingerprint density at radius 3 is 3.00 bits per heavy atom. The number of carbonyl (C=O) groups excluding carboxylic acids is 1. The fourth-order valence-corrected chi connectivity index (χ4v) is 0.767. The van der Waals surface area contributed by atoms with Crippen molar-refractivity contribution in [3.05, 3.63) is 12.8 Å². The molecule has 0 saturated heterocycles. The summed E-state index contributed by atoms with van der Waals surface area (Å²) in [7, 11) is 0. The van der Waals surface area contributed by atoms with Gasteiger partial charge in [0.2, 0.25) is 5.91 Å². The molecule has 0 unspecified atom stereocenters. The Hall–Kier alpha value is -1.03. The van der Waals surface area contributed by atoms with Gasteiger partial charge in [-0.15, -0.1) is 0 Å². The molecule has 0 heterocycles. The molecule has 3 N–H and O–H groups in total. The van der Waals surface area contributed by atoms with Crippen molar-refractivity contribution in [2.45, 2.75) is 25.8 Å². The van der Waals surface area contributed by atoms with Gasteiger partial charge in [-0.1, -0.05) is 13.5 Å². The Morgan fingerprint density at radius 2 is 2.46 bits per heavy atom. The van der Waals surface area contributed by atoms with Gasteiger partial charge in [0.15, 0.2) is 0 Å². The first kappa shape index (κ1) is 12.0. The minimum atomic E-state index is -0.389. The zero-order valence-electron chi connectivity index (χ0n) is 8.08. The van der Waals surface area contributed by atoms with Crippen LogP contribution in [-0.4, -0.2) is 25.1 Å². The number of nitrogens with one attached hydrogen (secondary N) is 1. The highest BCUT2D eigenvalue weighted by Crippen LogP contribution is 1.86. The van der Waals surface area contributed by atoms with Gasteiger partial charge in [0.05, 0.1) is 18.9 Å². The Morgan fingerprint density at radius 1 is 1.77 bits per heavy atom. The second-order valence-electron chi connectivity index (χ2n) is 2.70. The minimum absolute atomic E-state index is 0.0962. The molecule has 76 valence electrons. The normalized spacial score (nSPS) is 11.8. The van der Waals surface area contributed by atoms with E-state index in [-0.39, 0.29) is 11.9 Å². The summed E-state index contributed by atoms with van der Waals surface area (Å²) in [4.78, 5) is 11.1. The zero-order valence-corrected chi connectivity index (χ0v) is 8.08. The molecule has 0 aliphatic heterocycles. The number of rotatable bonds is 7. The minimum Gasteiger partial charge on any atom is -0.502 e. The maximum absolute atomic E-state index is 11.1. The van der Waals surface area contributed by atoms with Crippen molar-refractivity contribution in [3.8, 4) is 0 Å². The molecule has 0 aromatic heterocycles. The lowest BCUT2D eigenvalue weighted by molar-refractivity contribution is -0.122. The average molecular weight is 186 g/mol. The first-order valence-corrected chi connectivity index (χ1v) is 4.48. The van der Waals surface area contributed by atoms with Gasteiger partial charge in [0.25, 0.3) is 0 Å². The molecule has 0 bridgehead atoms. The quantitative estimate of drug-likeness (QED) is 0.446. The summed E-state index contributed by atoms with van der Waals surface area (Å²) in [6.07, 6.45) is 2.82. The van der Waals surface area contributed by atoms with E-state index in [1.54, 1.807) is 0 Å². The Balaban J connectivity index is 3.31. The Bertz CT molecular complexity index is 160. The third-order valence-corrected chi connectivity index (χ3v) is 1.63. The number of hydrogen-bond acceptors (Lipinski definition) is 3. The highest BCUT2D eigenvalue weighted by Gasteiger charge is 2.08. The predicted octanol–water partition coefficient (Wildman–Crippen LogP) is 0.390. The first-order chi connectivity index (χ1) is 6.22. The van der Waals surface area contributed by atoms with Crippen molar-refractivity contribution in [3.63, 3.8) is 0 Å². The summed E-state index contributed by atoms with van der Waals surface area (Å²) in [5, 5.41) is 2.71. The molecule has 0 rings (SSSR count). The maximum atomic E-state index is 11.1. The van der Waals surface area contributed by atoms with Gasteiger partial charge < -0.3 is 15.8 Å². The van der Waals surface area contributed by atoms with E-state index in [9.17, 15) is 4.79 Å². The van der Waals surface area contributed by atoms with Gasteiger partial charge in [0, 0.05) is 6.54 Å². The summed E-state index contributed by atoms with van der Waals surface area (Å²) in [6.45, 7) is 6.46. The van der Waals surface area contributed by atoms with E-state index in [2.05, 4.69) is 11.9 Å². The van der Waals surface area contributed by atoms with E-state index in [4.69, 9.17) is 10.5 Å². The standard InChI is InChI=1S/C9H18N2O2/c1-3-8(10)9(12)11-6-5-7-13-4-2/h4,8H,2-3,5-7,10H2,1H3,(H,11,12)/t8-/m1/s1. The molecule has 0 aromatic rings. The fraction of sp³-hybridized carbons (Fsp3) is 0.667. The molecule has 0 aromatic carbocycles. The van der Waals surface area contributed by atoms with Crippen LogP contribution in [0.15, 0.2) is 12.8 Å². The highest BCUT2D eigenvalue weighted by molar-refractivity contribution is 5.81. The second kappa shape index (κ2) is 7.61. The summed E-state index contributed by atoms with van der Waals surface area (Å²) >= 11 is 0. The molecule has 1 atom stereocenters. The van der Waals surface area contributed by atoms with Crippen molar-refractivity contribution in [1.29, 1.82) is 0 Å². The summed E-state index contributed by atoms with van der Waals surface area (Å²) in [5.41, 5.74) is 5.50. The molecular weight excluding hydrogens is 168 g/mol. The molecule has 0 spiro atoms. The molecule has 4 nitrogen and oxygen atoms in total. The zero-order chi connectivity index (χ0) is 10.1. The molecular formula is C9H18N2O2. The van der Waals surface area contributed by atoms with Crippen LogP contribution in [0.25, 0.3) is 0 Å². The van der Waals surface area contributed by atoms with Crippen LogP contribution in [0.3, 0.4) is 0 Å². The topological polar surface area (TPSA) is 64.3 Å². The average Bonchev–Trinajstić information content (AvgIpc) is 2.16. The van der Waals surface area contributed by atoms with Crippen LogP contribution < -0.4 is 11.1 Å². The van der Waals surface area contributed by atoms with Gasteiger partial charge in [-0.3, -0.25) is 4.79 Å². The summed E-state index contributed by atoms with van der Waals surface area (Å²) in [6, 6.07) is -0.389. The smallest absolute Gasteiger partial charge is 0.236 e. The Kier molecular flexibility index (Phi) is 7.01. The monoisotopic (exact) mass is 186 g/mol. The number of nitrogens with two attached hydrogens (primary N) is 1. The van der Waals surface area contributed by atoms with Gasteiger partial charge in [-0.2, -0.15) is 0 Å². The van der Waals surface area contributed by atoms with E-state index >= 15 is 0 Å². The molecule has 0 fully saturated rings. The van der Waals surface area contributed by atoms with Crippen LogP contribution in [0.5, 0.6) is 0 Å². The van der Waals surface area contributed by atoms with Crippen molar-refractivity contribution < 1.29 is 9.53 Å². The number of hydrogen-bond donors (Lipinski definition) is 2. The van der Waals surface area contributed by atoms with E-state index in [0.29, 0.717) is 19.6 Å². The molecule has 1 amide bonds. The molecule has 0 aliphatic carbocycles. The van der Waals surface area contributed by atoms with Gasteiger partial charge in [-0.25, -0.2) is 0 Å². The van der Waals surface area contributed by atoms with E-state index in [1.165, 1.54) is 6.26 Å². The second-order valence-corrected chi connectivity index (χ2v) is 2.70. The van der Waals surface area contributed by atoms with E-state index < -0.39 is 0 Å². The number of amides is 1. The SMILES string of the molecule is C=COCCCNC(=O)[C@H](N)CC. The third kappa shape index (κ3) is 6.16. The van der Waals surface area contributed by atoms with E-state index in [0.717, 1.165) is 6.42 Å². The van der Waals surface area contributed by atoms with Crippen molar-refractivity contribution >= 4 is 5.91 Å². The summed E-state index contributed by atoms with van der Waals surface area (Å²) in [5.74, 6) is -0.0962. The lowest BCUT2D eigenvalue weighted by Crippen LogP contribution is -2.40. The third-order valence-electron chi connectivity index (χ3n) is 1.63. The number of carbonyl (C=O) groups is 1. The van der Waals surface area contributed by atoms with Crippen LogP contribution in [0.4, 0.5) is 0 Å². The fourth-order valence-electron chi connectivity index (χ4n) is 0.767. The first-order valence-electron chi connectivity index (χ1n) is 4.48. The predicted molar refractivity (Wildman–Crippen MR) is 52.0 cm³/mol. The lowest BCUT2D eigenvalue weighted by Gasteiger charge is -2.09. The van der Waals surface area contributed by atoms with Crippen LogP contribution in [0, 0.1) is 0 Å². The van der Waals surface area contributed by atoms with E-state index in [1.807, 2.05) is 6.92 Å². The van der Waals surface area contributed by atoms with Crippen molar-refractivity contribution in [2.24, 2.45) is 5.73 Å². The summed E-state index contributed by atoms with van der Waals surface area (Å²) < 4.78 is 4.88.